The van der Waals surface area contributed by atoms with Crippen LogP contribution in [0.4, 0.5) is 0 Å². The molecular formula is C25H28N4O2. The van der Waals surface area contributed by atoms with Gasteiger partial charge in [-0.25, -0.2) is 4.79 Å². The van der Waals surface area contributed by atoms with E-state index in [1.54, 1.807) is 10.6 Å². The van der Waals surface area contributed by atoms with Crippen molar-refractivity contribution < 1.29 is 0 Å². The minimum atomic E-state index is -0.316. The fourth-order valence-corrected chi connectivity index (χ4v) is 4.97. The topological polar surface area (TPSA) is 73.9 Å². The van der Waals surface area contributed by atoms with Gasteiger partial charge in [0.05, 0.1) is 10.9 Å². The molecule has 0 unspecified atom stereocenters. The van der Waals surface area contributed by atoms with Crippen molar-refractivity contribution in [3.05, 3.63) is 81.1 Å². The second-order valence-electron chi connectivity index (χ2n) is 8.54. The first-order valence-corrected chi connectivity index (χ1v) is 11.2. The second-order valence-corrected chi connectivity index (χ2v) is 8.54. The van der Waals surface area contributed by atoms with E-state index in [9.17, 15) is 9.59 Å². The third kappa shape index (κ3) is 3.95. The molecule has 0 saturated carbocycles. The number of fused-ring (bicyclic) bond motifs is 2. The maximum atomic E-state index is 12.3. The molecule has 5 rings (SSSR count). The van der Waals surface area contributed by atoms with Crippen molar-refractivity contribution >= 4 is 21.8 Å². The predicted octanol–water partition coefficient (Wildman–Crippen LogP) is 3.83. The van der Waals surface area contributed by atoms with Gasteiger partial charge in [-0.15, -0.1) is 0 Å². The van der Waals surface area contributed by atoms with E-state index < -0.39 is 0 Å². The number of hydrogen-bond donors (Lipinski definition) is 2. The van der Waals surface area contributed by atoms with Gasteiger partial charge in [-0.2, -0.15) is 0 Å². The van der Waals surface area contributed by atoms with Crippen LogP contribution in [0.2, 0.25) is 0 Å². The van der Waals surface area contributed by atoms with Crippen LogP contribution in [0.1, 0.15) is 37.2 Å². The van der Waals surface area contributed by atoms with Gasteiger partial charge in [-0.3, -0.25) is 14.3 Å². The van der Waals surface area contributed by atoms with Crippen LogP contribution < -0.4 is 11.2 Å². The van der Waals surface area contributed by atoms with Gasteiger partial charge in [0.1, 0.15) is 0 Å². The first-order chi connectivity index (χ1) is 15.2. The van der Waals surface area contributed by atoms with Crippen molar-refractivity contribution in [2.24, 2.45) is 0 Å². The molecule has 0 aliphatic carbocycles. The number of aromatic amines is 2. The molecule has 31 heavy (non-hydrogen) atoms. The molecule has 1 saturated heterocycles. The highest BCUT2D eigenvalue weighted by atomic mass is 16.2. The molecule has 6 nitrogen and oxygen atoms in total. The van der Waals surface area contributed by atoms with E-state index in [4.69, 9.17) is 0 Å². The summed E-state index contributed by atoms with van der Waals surface area (Å²) in [7, 11) is 0. The summed E-state index contributed by atoms with van der Waals surface area (Å²) in [5.41, 5.74) is 2.78. The summed E-state index contributed by atoms with van der Waals surface area (Å²) < 4.78 is 1.69. The summed E-state index contributed by atoms with van der Waals surface area (Å²) in [6.45, 7) is 3.91. The van der Waals surface area contributed by atoms with Crippen LogP contribution in [-0.2, 0) is 6.54 Å². The van der Waals surface area contributed by atoms with Crippen LogP contribution in [0.15, 0.2) is 64.3 Å². The van der Waals surface area contributed by atoms with E-state index in [1.165, 1.54) is 29.3 Å². The summed E-state index contributed by atoms with van der Waals surface area (Å²) in [4.78, 5) is 32.7. The van der Waals surface area contributed by atoms with Gasteiger partial charge in [-0.1, -0.05) is 30.3 Å². The third-order valence-corrected chi connectivity index (χ3v) is 6.66. The first-order valence-electron chi connectivity index (χ1n) is 11.2. The number of unbranched alkanes of at least 4 members (excludes halogenated alkanes) is 1. The van der Waals surface area contributed by atoms with Gasteiger partial charge in [0.2, 0.25) is 0 Å². The number of benzene rings is 2. The molecule has 1 aliphatic rings. The Hall–Kier alpha value is -3.12. The monoisotopic (exact) mass is 416 g/mol. The van der Waals surface area contributed by atoms with Crippen LogP contribution in [0, 0.1) is 0 Å². The average Bonchev–Trinajstić information content (AvgIpc) is 3.23. The first kappa shape index (κ1) is 19.8. The number of hydrogen-bond acceptors (Lipinski definition) is 3. The highest BCUT2D eigenvalue weighted by Gasteiger charge is 2.22. The molecule has 0 bridgehead atoms. The van der Waals surface area contributed by atoms with E-state index in [1.807, 2.05) is 18.2 Å². The Bertz CT molecular complexity index is 1310. The molecule has 2 N–H and O–H groups in total. The Morgan fingerprint density at radius 1 is 0.871 bits per heavy atom. The van der Waals surface area contributed by atoms with Gasteiger partial charge in [0.15, 0.2) is 0 Å². The largest absolute Gasteiger partial charge is 0.361 e. The van der Waals surface area contributed by atoms with Crippen LogP contribution in [0.3, 0.4) is 0 Å². The summed E-state index contributed by atoms with van der Waals surface area (Å²) in [5.74, 6) is 0.624. The Balaban J connectivity index is 1.15. The van der Waals surface area contributed by atoms with Crippen molar-refractivity contribution in [3.63, 3.8) is 0 Å². The van der Waals surface area contributed by atoms with Gasteiger partial charge in [-0.05, 0) is 75.0 Å². The molecule has 0 amide bonds. The number of aryl methyl sites for hydroxylation is 1. The molecule has 1 aliphatic heterocycles. The van der Waals surface area contributed by atoms with E-state index in [0.29, 0.717) is 17.8 Å². The number of para-hydroxylation sites is 2. The minimum Gasteiger partial charge on any atom is -0.361 e. The lowest BCUT2D eigenvalue weighted by molar-refractivity contribution is 0.208. The van der Waals surface area contributed by atoms with Crippen LogP contribution in [-0.4, -0.2) is 39.1 Å². The molecule has 1 fully saturated rings. The zero-order valence-corrected chi connectivity index (χ0v) is 17.6. The molecular weight excluding hydrogens is 388 g/mol. The SMILES string of the molecule is O=c1[nH]c(=O)n(CCCCN2CCC(c3c[nH]c4ccccc34)CC2)c2ccccc12. The number of piperidine rings is 1. The summed E-state index contributed by atoms with van der Waals surface area (Å²) in [5, 5.41) is 1.93. The lowest BCUT2D eigenvalue weighted by Gasteiger charge is -2.32. The van der Waals surface area contributed by atoms with Gasteiger partial charge in [0.25, 0.3) is 5.56 Å². The highest BCUT2D eigenvalue weighted by molar-refractivity contribution is 5.83. The van der Waals surface area contributed by atoms with Crippen molar-refractivity contribution in [2.75, 3.05) is 19.6 Å². The molecule has 0 spiro atoms. The summed E-state index contributed by atoms with van der Waals surface area (Å²) in [6, 6.07) is 15.9. The quantitative estimate of drug-likeness (QED) is 0.469. The van der Waals surface area contributed by atoms with Gasteiger partial charge in [0, 0.05) is 23.6 Å². The maximum absolute atomic E-state index is 12.3. The zero-order valence-electron chi connectivity index (χ0n) is 17.6. The Morgan fingerprint density at radius 3 is 2.42 bits per heavy atom. The molecule has 2 aromatic heterocycles. The van der Waals surface area contributed by atoms with E-state index in [-0.39, 0.29) is 11.2 Å². The number of rotatable bonds is 6. The van der Waals surface area contributed by atoms with Crippen molar-refractivity contribution in [1.29, 1.82) is 0 Å². The minimum absolute atomic E-state index is 0.310. The fourth-order valence-electron chi connectivity index (χ4n) is 4.97. The molecule has 4 aromatic rings. The van der Waals surface area contributed by atoms with Gasteiger partial charge < -0.3 is 9.88 Å². The zero-order chi connectivity index (χ0) is 21.2. The van der Waals surface area contributed by atoms with Gasteiger partial charge >= 0.3 is 5.69 Å². The molecule has 0 atom stereocenters. The third-order valence-electron chi connectivity index (χ3n) is 6.66. The highest BCUT2D eigenvalue weighted by Crippen LogP contribution is 2.33. The average molecular weight is 417 g/mol. The lowest BCUT2D eigenvalue weighted by atomic mass is 9.89. The second kappa shape index (κ2) is 8.55. The van der Waals surface area contributed by atoms with Crippen LogP contribution >= 0.6 is 0 Å². The number of nitrogens with one attached hydrogen (secondary N) is 2. The van der Waals surface area contributed by atoms with Crippen LogP contribution in [0.5, 0.6) is 0 Å². The Labute approximate surface area is 180 Å². The van der Waals surface area contributed by atoms with Crippen molar-refractivity contribution in [1.82, 2.24) is 19.4 Å². The smallest absolute Gasteiger partial charge is 0.328 e. The molecule has 6 heteroatoms. The van der Waals surface area contributed by atoms with E-state index >= 15 is 0 Å². The standard InChI is InChI=1S/C25H28N4O2/c30-24-20-8-2-4-10-23(20)29(25(31)27-24)14-6-5-13-28-15-11-18(12-16-28)21-17-26-22-9-3-1-7-19(21)22/h1-4,7-10,17-18,26H,5-6,11-16H2,(H,27,30,31). The number of aromatic nitrogens is 3. The number of H-pyrrole nitrogens is 2. The Morgan fingerprint density at radius 2 is 1.58 bits per heavy atom. The van der Waals surface area contributed by atoms with Crippen LogP contribution in [0.25, 0.3) is 21.8 Å². The lowest BCUT2D eigenvalue weighted by Crippen LogP contribution is -2.34. The van der Waals surface area contributed by atoms with E-state index in [2.05, 4.69) is 45.3 Å². The maximum Gasteiger partial charge on any atom is 0.328 e. The molecule has 0 radical (unpaired) electrons. The number of nitrogens with zero attached hydrogens (tertiary/aromatic N) is 2. The normalized spacial score (nSPS) is 15.7. The predicted molar refractivity (Wildman–Crippen MR) is 125 cm³/mol. The molecule has 160 valence electrons. The Kier molecular flexibility index (Phi) is 5.47. The van der Waals surface area contributed by atoms with Crippen molar-refractivity contribution in [2.45, 2.75) is 38.1 Å². The molecule has 3 heterocycles. The summed E-state index contributed by atoms with van der Waals surface area (Å²) >= 11 is 0. The van der Waals surface area contributed by atoms with Crippen molar-refractivity contribution in [3.8, 4) is 0 Å². The molecule has 2 aromatic carbocycles. The fraction of sp³-hybridized carbons (Fsp3) is 0.360. The number of likely N-dealkylation sites (tertiary alicyclic amines) is 1. The summed E-state index contributed by atoms with van der Waals surface area (Å²) in [6.07, 6.45) is 6.52. The van der Waals surface area contributed by atoms with E-state index in [0.717, 1.165) is 38.0 Å².